The fourth-order valence-corrected chi connectivity index (χ4v) is 5.32. The van der Waals surface area contributed by atoms with Gasteiger partial charge in [0.1, 0.15) is 5.75 Å². The number of benzene rings is 2. The fraction of sp³-hybridized carbons (Fsp3) is 0.478. The molecule has 1 aliphatic heterocycles. The zero-order valence-corrected chi connectivity index (χ0v) is 19.2. The van der Waals surface area contributed by atoms with E-state index >= 15 is 0 Å². The summed E-state index contributed by atoms with van der Waals surface area (Å²) >= 11 is 0. The number of piperidine rings is 1. The Morgan fingerprint density at radius 3 is 2.47 bits per heavy atom. The van der Waals surface area contributed by atoms with Gasteiger partial charge in [-0.2, -0.15) is 0 Å². The van der Waals surface area contributed by atoms with Gasteiger partial charge < -0.3 is 4.74 Å². The first-order valence-corrected chi connectivity index (χ1v) is 12.0. The molecule has 1 atom stereocenters. The summed E-state index contributed by atoms with van der Waals surface area (Å²) in [6.45, 7) is 4.20. The Hall–Kier alpha value is -2.09. The van der Waals surface area contributed by atoms with Crippen LogP contribution in [0.15, 0.2) is 48.5 Å². The van der Waals surface area contributed by atoms with Crippen LogP contribution in [0.2, 0.25) is 0 Å². The molecule has 1 fully saturated rings. The minimum atomic E-state index is -3.42. The van der Waals surface area contributed by atoms with E-state index in [1.54, 1.807) is 34.1 Å². The van der Waals surface area contributed by atoms with E-state index < -0.39 is 15.3 Å². The van der Waals surface area contributed by atoms with Gasteiger partial charge in [0, 0.05) is 13.6 Å². The molecule has 6 nitrogen and oxygen atoms in total. The number of hydrogen-bond donors (Lipinski definition) is 1. The van der Waals surface area contributed by atoms with E-state index in [1.807, 2.05) is 35.3 Å². The molecule has 1 saturated heterocycles. The summed E-state index contributed by atoms with van der Waals surface area (Å²) < 4.78 is 32.4. The van der Waals surface area contributed by atoms with E-state index in [9.17, 15) is 8.42 Å². The van der Waals surface area contributed by atoms with Crippen LogP contribution in [0.3, 0.4) is 0 Å². The van der Waals surface area contributed by atoms with Crippen LogP contribution in [0.4, 0.5) is 5.69 Å². The molecule has 30 heavy (non-hydrogen) atoms. The van der Waals surface area contributed by atoms with Gasteiger partial charge in [0.25, 0.3) is 0 Å². The number of hydrazine groups is 1. The van der Waals surface area contributed by atoms with E-state index in [4.69, 9.17) is 10.6 Å². The summed E-state index contributed by atoms with van der Waals surface area (Å²) in [5.41, 5.74) is 2.38. The second kappa shape index (κ2) is 8.96. The van der Waals surface area contributed by atoms with Crippen molar-refractivity contribution in [3.63, 3.8) is 0 Å². The monoisotopic (exact) mass is 431 g/mol. The van der Waals surface area contributed by atoms with Crippen molar-refractivity contribution in [1.82, 2.24) is 5.01 Å². The van der Waals surface area contributed by atoms with Crippen molar-refractivity contribution in [2.75, 3.05) is 25.0 Å². The lowest BCUT2D eigenvalue weighted by atomic mass is 9.77. The minimum Gasteiger partial charge on any atom is -0.496 e. The molecule has 0 aliphatic carbocycles. The zero-order valence-electron chi connectivity index (χ0n) is 18.3. The van der Waals surface area contributed by atoms with Crippen molar-refractivity contribution < 1.29 is 13.2 Å². The zero-order chi connectivity index (χ0) is 21.9. The van der Waals surface area contributed by atoms with Crippen LogP contribution < -0.4 is 14.9 Å². The van der Waals surface area contributed by atoms with Crippen molar-refractivity contribution in [1.29, 1.82) is 0 Å². The quantitative estimate of drug-likeness (QED) is 0.677. The van der Waals surface area contributed by atoms with Gasteiger partial charge in [0.2, 0.25) is 10.0 Å². The first-order chi connectivity index (χ1) is 14.2. The van der Waals surface area contributed by atoms with Crippen LogP contribution in [-0.4, -0.2) is 39.4 Å². The van der Waals surface area contributed by atoms with Crippen LogP contribution in [-0.2, 0) is 22.0 Å². The fourth-order valence-electron chi connectivity index (χ4n) is 4.28. The summed E-state index contributed by atoms with van der Waals surface area (Å²) in [6.07, 6.45) is 3.73. The minimum absolute atomic E-state index is 0.360. The molecule has 2 aromatic rings. The highest BCUT2D eigenvalue weighted by molar-refractivity contribution is 7.93. The number of methoxy groups -OCH3 is 1. The number of sulfonamides is 1. The molecule has 3 rings (SSSR count). The predicted molar refractivity (Wildman–Crippen MR) is 122 cm³/mol. The number of nitrogens with two attached hydrogens (primary N) is 1. The second-order valence-electron chi connectivity index (χ2n) is 8.28. The number of anilines is 1. The third kappa shape index (κ3) is 4.19. The van der Waals surface area contributed by atoms with E-state index in [-0.39, 0.29) is 5.54 Å². The Morgan fingerprint density at radius 1 is 1.17 bits per heavy atom. The molecule has 1 heterocycles. The number of nitrogens with zero attached hydrogens (tertiary/aromatic N) is 2. The highest BCUT2D eigenvalue weighted by Gasteiger charge is 2.40. The Balaban J connectivity index is 2.07. The molecule has 1 aliphatic rings. The number of hydrogen-bond acceptors (Lipinski definition) is 5. The predicted octanol–water partition coefficient (Wildman–Crippen LogP) is 3.67. The summed E-state index contributed by atoms with van der Waals surface area (Å²) in [7, 11) is -0.177. The standard InChI is InChI=1S/C23H33N3O3S/c1-18(2)30(27,28)25(3)21-12-13-22(29-4)19(16-21)17-23(14-8-9-15-26(23)24)20-10-6-5-7-11-20/h5-7,10-13,16,18H,8-9,14-15,17,24H2,1-4H3. The highest BCUT2D eigenvalue weighted by Crippen LogP contribution is 2.41. The largest absolute Gasteiger partial charge is 0.496 e. The molecule has 0 radical (unpaired) electrons. The first-order valence-electron chi connectivity index (χ1n) is 10.4. The van der Waals surface area contributed by atoms with Crippen molar-refractivity contribution in [3.8, 4) is 5.75 Å². The SMILES string of the molecule is COc1ccc(N(C)S(=O)(=O)C(C)C)cc1CC1(c2ccccc2)CCCCN1N. The van der Waals surface area contributed by atoms with E-state index in [0.717, 1.165) is 37.1 Å². The maximum Gasteiger partial charge on any atom is 0.237 e. The smallest absolute Gasteiger partial charge is 0.237 e. The molecular formula is C23H33N3O3S. The average molecular weight is 432 g/mol. The van der Waals surface area contributed by atoms with Crippen molar-refractivity contribution >= 4 is 15.7 Å². The number of rotatable bonds is 7. The van der Waals surface area contributed by atoms with Gasteiger partial charge in [0.05, 0.1) is 23.6 Å². The molecule has 2 N–H and O–H groups in total. The molecule has 0 spiro atoms. The topological polar surface area (TPSA) is 75.9 Å². The lowest BCUT2D eigenvalue weighted by Crippen LogP contribution is -2.54. The van der Waals surface area contributed by atoms with Gasteiger partial charge in [0.15, 0.2) is 0 Å². The van der Waals surface area contributed by atoms with E-state index in [2.05, 4.69) is 12.1 Å². The van der Waals surface area contributed by atoms with Crippen molar-refractivity contribution in [2.24, 2.45) is 5.84 Å². The molecule has 0 bridgehead atoms. The van der Waals surface area contributed by atoms with Crippen molar-refractivity contribution in [3.05, 3.63) is 59.7 Å². The first kappa shape index (κ1) is 22.6. The molecule has 0 aromatic heterocycles. The van der Waals surface area contributed by atoms with E-state index in [1.165, 1.54) is 9.87 Å². The van der Waals surface area contributed by atoms with Gasteiger partial charge in [-0.3, -0.25) is 10.1 Å². The lowest BCUT2D eigenvalue weighted by molar-refractivity contribution is 0.0421. The molecule has 2 aromatic carbocycles. The maximum absolute atomic E-state index is 12.7. The summed E-state index contributed by atoms with van der Waals surface area (Å²) in [5.74, 6) is 7.32. The third-order valence-corrected chi connectivity index (χ3v) is 8.35. The van der Waals surface area contributed by atoms with Crippen LogP contribution >= 0.6 is 0 Å². The molecule has 0 amide bonds. The average Bonchev–Trinajstić information content (AvgIpc) is 2.75. The Kier molecular flexibility index (Phi) is 6.75. The summed E-state index contributed by atoms with van der Waals surface area (Å²) in [6, 6.07) is 15.9. The Labute approximate surface area is 180 Å². The van der Waals surface area contributed by atoms with Crippen LogP contribution in [0, 0.1) is 0 Å². The third-order valence-electron chi connectivity index (χ3n) is 6.19. The van der Waals surface area contributed by atoms with Crippen LogP contribution in [0.1, 0.15) is 44.2 Å². The Morgan fingerprint density at radius 2 is 1.87 bits per heavy atom. The van der Waals surface area contributed by atoms with Crippen molar-refractivity contribution in [2.45, 2.75) is 50.3 Å². The Bertz CT molecular complexity index is 963. The van der Waals surface area contributed by atoms with Crippen LogP contribution in [0.5, 0.6) is 5.75 Å². The van der Waals surface area contributed by atoms with E-state index in [0.29, 0.717) is 12.1 Å². The second-order valence-corrected chi connectivity index (χ2v) is 10.8. The summed E-state index contributed by atoms with van der Waals surface area (Å²) in [4.78, 5) is 0. The van der Waals surface area contributed by atoms with Crippen LogP contribution in [0.25, 0.3) is 0 Å². The molecule has 164 valence electrons. The van der Waals surface area contributed by atoms with Gasteiger partial charge in [-0.15, -0.1) is 0 Å². The summed E-state index contributed by atoms with van der Waals surface area (Å²) in [5, 5.41) is 1.45. The van der Waals surface area contributed by atoms with Gasteiger partial charge >= 0.3 is 0 Å². The molecule has 7 heteroatoms. The molecule has 1 unspecified atom stereocenters. The highest BCUT2D eigenvalue weighted by atomic mass is 32.2. The maximum atomic E-state index is 12.7. The van der Waals surface area contributed by atoms with Gasteiger partial charge in [-0.25, -0.2) is 13.4 Å². The number of ether oxygens (including phenoxy) is 1. The normalized spacial score (nSPS) is 20.3. The van der Waals surface area contributed by atoms with Gasteiger partial charge in [-0.05, 0) is 68.9 Å². The molecule has 0 saturated carbocycles. The molecular weight excluding hydrogens is 398 g/mol. The lowest BCUT2D eigenvalue weighted by Gasteiger charge is -2.45. The van der Waals surface area contributed by atoms with Gasteiger partial charge in [-0.1, -0.05) is 30.3 Å².